The highest BCUT2D eigenvalue weighted by molar-refractivity contribution is 5.17. The Morgan fingerprint density at radius 2 is 2.05 bits per heavy atom. The molecule has 1 aliphatic heterocycles. The van der Waals surface area contributed by atoms with E-state index in [1.54, 1.807) is 0 Å². The molecule has 1 heterocycles. The number of ether oxygens (including phenoxy) is 1. The van der Waals surface area contributed by atoms with E-state index in [9.17, 15) is 5.11 Å². The molecule has 1 saturated heterocycles. The second kappa shape index (κ2) is 5.71. The van der Waals surface area contributed by atoms with Gasteiger partial charge in [-0.3, -0.25) is 0 Å². The Balaban J connectivity index is 1.56. The van der Waals surface area contributed by atoms with E-state index in [0.29, 0.717) is 24.1 Å². The molecule has 21 heavy (non-hydrogen) atoms. The maximum Gasteiger partial charge on any atom is 0.0804 e. The molecule has 2 fully saturated rings. The van der Waals surface area contributed by atoms with Gasteiger partial charge in [-0.1, -0.05) is 44.2 Å². The van der Waals surface area contributed by atoms with Gasteiger partial charge in [0.05, 0.1) is 12.2 Å². The lowest BCUT2D eigenvalue weighted by molar-refractivity contribution is -0.115. The molecule has 3 rings (SSSR count). The summed E-state index contributed by atoms with van der Waals surface area (Å²) in [5.74, 6) is 0.649. The molecule has 1 aromatic rings. The first kappa shape index (κ1) is 15.0. The lowest BCUT2D eigenvalue weighted by Crippen LogP contribution is -2.67. The fraction of sp³-hybridized carbons (Fsp3) is 0.667. The third-order valence-electron chi connectivity index (χ3n) is 5.33. The number of aliphatic hydroxyl groups is 1. The molecule has 2 aliphatic rings. The fourth-order valence-corrected chi connectivity index (χ4v) is 4.18. The lowest BCUT2D eigenvalue weighted by Gasteiger charge is -2.55. The molecule has 5 atom stereocenters. The van der Waals surface area contributed by atoms with Gasteiger partial charge >= 0.3 is 0 Å². The molecule has 0 radical (unpaired) electrons. The van der Waals surface area contributed by atoms with Crippen molar-refractivity contribution in [2.75, 3.05) is 6.61 Å². The second-order valence-electron chi connectivity index (χ2n) is 7.27. The number of nitrogens with one attached hydrogen (secondary N) is 1. The molecule has 1 aliphatic carbocycles. The van der Waals surface area contributed by atoms with Crippen LogP contribution in [-0.4, -0.2) is 29.9 Å². The van der Waals surface area contributed by atoms with Crippen molar-refractivity contribution in [3.8, 4) is 0 Å². The van der Waals surface area contributed by atoms with E-state index in [4.69, 9.17) is 4.74 Å². The molecular formula is C18H27NO2. The standard InChI is InChI=1S/C18H27NO2/c1-12(11-15(20)13-7-5-4-6-8-13)19-16-14-9-10-21-17(14)18(16,2)3/h4-8,12,14-17,19-20H,9-11H2,1-3H3. The predicted molar refractivity (Wildman–Crippen MR) is 84.0 cm³/mol. The molecule has 5 unspecified atom stereocenters. The van der Waals surface area contributed by atoms with Gasteiger partial charge < -0.3 is 15.2 Å². The molecule has 116 valence electrons. The highest BCUT2D eigenvalue weighted by Gasteiger charge is 2.59. The van der Waals surface area contributed by atoms with Gasteiger partial charge in [-0.2, -0.15) is 0 Å². The van der Waals surface area contributed by atoms with Crippen LogP contribution in [0.25, 0.3) is 0 Å². The van der Waals surface area contributed by atoms with Crippen LogP contribution in [0.5, 0.6) is 0 Å². The topological polar surface area (TPSA) is 41.5 Å². The SMILES string of the molecule is CC(CC(O)c1ccccc1)NC1C2CCOC2C1(C)C. The third-order valence-corrected chi connectivity index (χ3v) is 5.33. The average molecular weight is 289 g/mol. The summed E-state index contributed by atoms with van der Waals surface area (Å²) < 4.78 is 5.84. The molecule has 0 amide bonds. The van der Waals surface area contributed by atoms with E-state index < -0.39 is 6.10 Å². The maximum absolute atomic E-state index is 10.3. The van der Waals surface area contributed by atoms with Crippen LogP contribution < -0.4 is 5.32 Å². The quantitative estimate of drug-likeness (QED) is 0.876. The second-order valence-corrected chi connectivity index (χ2v) is 7.27. The Kier molecular flexibility index (Phi) is 4.08. The van der Waals surface area contributed by atoms with Crippen molar-refractivity contribution in [1.82, 2.24) is 5.32 Å². The average Bonchev–Trinajstić information content (AvgIpc) is 2.93. The minimum Gasteiger partial charge on any atom is -0.388 e. The van der Waals surface area contributed by atoms with Gasteiger partial charge in [0, 0.05) is 30.0 Å². The van der Waals surface area contributed by atoms with Crippen molar-refractivity contribution < 1.29 is 9.84 Å². The number of benzene rings is 1. The lowest BCUT2D eigenvalue weighted by atomic mass is 9.57. The first-order valence-electron chi connectivity index (χ1n) is 8.11. The monoisotopic (exact) mass is 289 g/mol. The van der Waals surface area contributed by atoms with Crippen LogP contribution in [0.15, 0.2) is 30.3 Å². The highest BCUT2D eigenvalue weighted by atomic mass is 16.5. The number of hydrogen-bond donors (Lipinski definition) is 2. The molecule has 0 aromatic heterocycles. The third kappa shape index (κ3) is 2.75. The van der Waals surface area contributed by atoms with Crippen molar-refractivity contribution >= 4 is 0 Å². The Morgan fingerprint density at radius 1 is 1.33 bits per heavy atom. The fourth-order valence-electron chi connectivity index (χ4n) is 4.18. The Labute approximate surface area is 127 Å². The molecule has 1 aromatic carbocycles. The maximum atomic E-state index is 10.3. The van der Waals surface area contributed by atoms with Gasteiger partial charge in [-0.25, -0.2) is 0 Å². The summed E-state index contributed by atoms with van der Waals surface area (Å²) in [6.07, 6.45) is 1.93. The number of fused-ring (bicyclic) bond motifs is 1. The smallest absolute Gasteiger partial charge is 0.0804 e. The Bertz CT molecular complexity index is 473. The zero-order valence-electron chi connectivity index (χ0n) is 13.3. The van der Waals surface area contributed by atoms with Crippen LogP contribution in [0.3, 0.4) is 0 Å². The molecule has 0 spiro atoms. The predicted octanol–water partition coefficient (Wildman–Crippen LogP) is 2.90. The van der Waals surface area contributed by atoms with Gasteiger partial charge in [0.25, 0.3) is 0 Å². The summed E-state index contributed by atoms with van der Waals surface area (Å²) in [6, 6.07) is 10.7. The van der Waals surface area contributed by atoms with E-state index in [1.807, 2.05) is 30.3 Å². The summed E-state index contributed by atoms with van der Waals surface area (Å²) in [5.41, 5.74) is 1.20. The van der Waals surface area contributed by atoms with E-state index in [2.05, 4.69) is 26.1 Å². The van der Waals surface area contributed by atoms with Gasteiger partial charge in [-0.15, -0.1) is 0 Å². The summed E-state index contributed by atoms with van der Waals surface area (Å²) in [6.45, 7) is 7.65. The first-order chi connectivity index (χ1) is 10.00. The van der Waals surface area contributed by atoms with E-state index in [0.717, 1.165) is 18.6 Å². The van der Waals surface area contributed by atoms with Crippen LogP contribution in [0.2, 0.25) is 0 Å². The summed E-state index contributed by atoms with van der Waals surface area (Å²) in [5, 5.41) is 14.1. The molecule has 1 saturated carbocycles. The number of hydrogen-bond acceptors (Lipinski definition) is 3. The summed E-state index contributed by atoms with van der Waals surface area (Å²) >= 11 is 0. The highest BCUT2D eigenvalue weighted by Crippen LogP contribution is 2.52. The number of rotatable bonds is 5. The van der Waals surface area contributed by atoms with Crippen molar-refractivity contribution in [1.29, 1.82) is 0 Å². The zero-order chi connectivity index (χ0) is 15.0. The molecule has 3 nitrogen and oxygen atoms in total. The van der Waals surface area contributed by atoms with Crippen LogP contribution in [0, 0.1) is 11.3 Å². The minimum absolute atomic E-state index is 0.202. The summed E-state index contributed by atoms with van der Waals surface area (Å²) in [4.78, 5) is 0. The molecule has 2 N–H and O–H groups in total. The van der Waals surface area contributed by atoms with E-state index in [-0.39, 0.29) is 5.41 Å². The largest absolute Gasteiger partial charge is 0.388 e. The Morgan fingerprint density at radius 3 is 2.76 bits per heavy atom. The number of aliphatic hydroxyl groups excluding tert-OH is 1. The first-order valence-corrected chi connectivity index (χ1v) is 8.11. The molecule has 0 bridgehead atoms. The van der Waals surface area contributed by atoms with Crippen LogP contribution in [0.1, 0.15) is 45.3 Å². The van der Waals surface area contributed by atoms with Crippen LogP contribution >= 0.6 is 0 Å². The van der Waals surface area contributed by atoms with E-state index >= 15 is 0 Å². The molecule has 3 heteroatoms. The van der Waals surface area contributed by atoms with Crippen LogP contribution in [0.4, 0.5) is 0 Å². The van der Waals surface area contributed by atoms with E-state index in [1.165, 1.54) is 6.42 Å². The van der Waals surface area contributed by atoms with Crippen molar-refractivity contribution in [3.05, 3.63) is 35.9 Å². The normalized spacial score (nSPS) is 33.0. The van der Waals surface area contributed by atoms with Crippen molar-refractivity contribution in [3.63, 3.8) is 0 Å². The van der Waals surface area contributed by atoms with Gasteiger partial charge in [-0.05, 0) is 25.3 Å². The van der Waals surface area contributed by atoms with Gasteiger partial charge in [0.1, 0.15) is 0 Å². The van der Waals surface area contributed by atoms with Gasteiger partial charge in [0.15, 0.2) is 0 Å². The Hall–Kier alpha value is -0.900. The summed E-state index contributed by atoms with van der Waals surface area (Å²) in [7, 11) is 0. The zero-order valence-corrected chi connectivity index (χ0v) is 13.3. The van der Waals surface area contributed by atoms with Crippen molar-refractivity contribution in [2.24, 2.45) is 11.3 Å². The minimum atomic E-state index is -0.396. The van der Waals surface area contributed by atoms with Crippen molar-refractivity contribution in [2.45, 2.75) is 57.9 Å². The van der Waals surface area contributed by atoms with Gasteiger partial charge in [0.2, 0.25) is 0 Å². The van der Waals surface area contributed by atoms with Crippen LogP contribution in [-0.2, 0) is 4.74 Å². The molecular weight excluding hydrogens is 262 g/mol.